The van der Waals surface area contributed by atoms with Crippen LogP contribution in [0.3, 0.4) is 0 Å². The van der Waals surface area contributed by atoms with E-state index in [2.05, 4.69) is 20.8 Å². The van der Waals surface area contributed by atoms with Crippen molar-refractivity contribution in [3.8, 4) is 0 Å². The smallest absolute Gasteiger partial charge is 0.249 e. The number of halogens is 1. The minimum atomic E-state index is -0.653. The van der Waals surface area contributed by atoms with E-state index in [4.69, 9.17) is 0 Å². The molecule has 0 aliphatic rings. The summed E-state index contributed by atoms with van der Waals surface area (Å²) < 4.78 is 16.8. The second-order valence-electron chi connectivity index (χ2n) is 6.11. The van der Waals surface area contributed by atoms with Crippen molar-refractivity contribution in [3.05, 3.63) is 78.5 Å². The molecule has 8 heteroatoms. The van der Waals surface area contributed by atoms with Crippen LogP contribution in [0.1, 0.15) is 11.6 Å². The molecule has 1 atom stereocenters. The third-order valence-corrected chi connectivity index (χ3v) is 4.38. The fraction of sp³-hybridized carbons (Fsp3) is 0.158. The second-order valence-corrected chi connectivity index (χ2v) is 6.11. The molecule has 27 heavy (non-hydrogen) atoms. The lowest BCUT2D eigenvalue weighted by molar-refractivity contribution is -0.123. The summed E-state index contributed by atoms with van der Waals surface area (Å²) in [6.45, 7) is 0.917. The third kappa shape index (κ3) is 3.55. The average Bonchev–Trinajstić information content (AvgIpc) is 3.33. The maximum Gasteiger partial charge on any atom is 0.249 e. The Labute approximate surface area is 154 Å². The number of aromatic nitrogens is 5. The molecule has 4 rings (SSSR count). The van der Waals surface area contributed by atoms with Crippen LogP contribution < -0.4 is 5.32 Å². The summed E-state index contributed by atoms with van der Waals surface area (Å²) >= 11 is 0. The molecule has 4 aromatic rings. The predicted molar refractivity (Wildman–Crippen MR) is 97.3 cm³/mol. The van der Waals surface area contributed by atoms with Crippen LogP contribution in [0.2, 0.25) is 0 Å². The van der Waals surface area contributed by atoms with Gasteiger partial charge in [0, 0.05) is 19.3 Å². The largest absolute Gasteiger partial charge is 0.352 e. The zero-order valence-electron chi connectivity index (χ0n) is 14.4. The number of fused-ring (bicyclic) bond motifs is 1. The lowest BCUT2D eigenvalue weighted by Crippen LogP contribution is -2.35. The number of carbonyl (C=O) groups is 1. The second kappa shape index (κ2) is 7.36. The number of hydrogen-bond acceptors (Lipinski definition) is 4. The Bertz CT molecular complexity index is 1040. The van der Waals surface area contributed by atoms with Gasteiger partial charge in [-0.2, -0.15) is 0 Å². The standard InChI is InChI=1S/C19H17FN6O/c20-16-7-6-14-8-10-25(17(14)12-16)11-9-21-19(27)18(26-13-22-23-24-26)15-4-2-1-3-5-15/h1-8,10,12-13,18H,9,11H2,(H,21,27). The van der Waals surface area contributed by atoms with Crippen molar-refractivity contribution in [1.29, 1.82) is 0 Å². The van der Waals surface area contributed by atoms with Gasteiger partial charge in [0.1, 0.15) is 12.1 Å². The van der Waals surface area contributed by atoms with E-state index in [1.165, 1.54) is 23.1 Å². The molecule has 136 valence electrons. The SMILES string of the molecule is O=C(NCCn1ccc2ccc(F)cc21)C(c1ccccc1)n1cnnn1. The Kier molecular flexibility index (Phi) is 4.61. The molecular weight excluding hydrogens is 347 g/mol. The van der Waals surface area contributed by atoms with Gasteiger partial charge in [0.15, 0.2) is 6.04 Å². The van der Waals surface area contributed by atoms with Crippen LogP contribution in [0.15, 0.2) is 67.1 Å². The van der Waals surface area contributed by atoms with Crippen molar-refractivity contribution in [2.45, 2.75) is 12.6 Å². The molecule has 0 fully saturated rings. The molecule has 0 saturated heterocycles. The van der Waals surface area contributed by atoms with Gasteiger partial charge < -0.3 is 9.88 Å². The normalized spacial score (nSPS) is 12.2. The predicted octanol–water partition coefficient (Wildman–Crippen LogP) is 2.17. The summed E-state index contributed by atoms with van der Waals surface area (Å²) in [5.41, 5.74) is 1.58. The highest BCUT2D eigenvalue weighted by atomic mass is 19.1. The van der Waals surface area contributed by atoms with Crippen molar-refractivity contribution >= 4 is 16.8 Å². The summed E-state index contributed by atoms with van der Waals surface area (Å²) in [7, 11) is 0. The van der Waals surface area contributed by atoms with Crippen molar-refractivity contribution in [1.82, 2.24) is 30.1 Å². The fourth-order valence-corrected chi connectivity index (χ4v) is 3.09. The summed E-state index contributed by atoms with van der Waals surface area (Å²) in [6.07, 6.45) is 3.30. The lowest BCUT2D eigenvalue weighted by atomic mass is 10.1. The van der Waals surface area contributed by atoms with E-state index in [1.54, 1.807) is 6.07 Å². The third-order valence-electron chi connectivity index (χ3n) is 4.38. The molecule has 0 spiro atoms. The van der Waals surface area contributed by atoms with Gasteiger partial charge in [-0.3, -0.25) is 4.79 Å². The highest BCUT2D eigenvalue weighted by molar-refractivity contribution is 5.83. The van der Waals surface area contributed by atoms with E-state index in [1.807, 2.05) is 47.2 Å². The van der Waals surface area contributed by atoms with Gasteiger partial charge in [-0.15, -0.1) is 5.10 Å². The first-order chi connectivity index (χ1) is 13.2. The number of hydrogen-bond donors (Lipinski definition) is 1. The highest BCUT2D eigenvalue weighted by Crippen LogP contribution is 2.18. The van der Waals surface area contributed by atoms with Crippen LogP contribution in [0.25, 0.3) is 10.9 Å². The summed E-state index contributed by atoms with van der Waals surface area (Å²) in [6, 6.07) is 15.3. The van der Waals surface area contributed by atoms with Gasteiger partial charge in [-0.05, 0) is 45.6 Å². The minimum absolute atomic E-state index is 0.212. The summed E-state index contributed by atoms with van der Waals surface area (Å²) in [5.74, 6) is -0.495. The van der Waals surface area contributed by atoms with Crippen LogP contribution in [0, 0.1) is 5.82 Å². The molecule has 1 amide bonds. The summed E-state index contributed by atoms with van der Waals surface area (Å²) in [5, 5.41) is 15.0. The molecule has 0 aliphatic carbocycles. The molecule has 0 bridgehead atoms. The van der Waals surface area contributed by atoms with Gasteiger partial charge in [0.05, 0.1) is 5.52 Å². The number of tetrazole rings is 1. The molecule has 2 aromatic carbocycles. The first kappa shape index (κ1) is 16.9. The monoisotopic (exact) mass is 364 g/mol. The average molecular weight is 364 g/mol. The van der Waals surface area contributed by atoms with E-state index >= 15 is 0 Å². The van der Waals surface area contributed by atoms with E-state index in [0.717, 1.165) is 16.5 Å². The number of nitrogens with zero attached hydrogens (tertiary/aromatic N) is 5. The van der Waals surface area contributed by atoms with Crippen LogP contribution in [0.5, 0.6) is 0 Å². The number of carbonyl (C=O) groups excluding carboxylic acids is 1. The molecule has 2 aromatic heterocycles. The molecule has 0 radical (unpaired) electrons. The number of amides is 1. The van der Waals surface area contributed by atoms with E-state index in [-0.39, 0.29) is 11.7 Å². The first-order valence-corrected chi connectivity index (χ1v) is 8.52. The van der Waals surface area contributed by atoms with Crippen LogP contribution in [0.4, 0.5) is 4.39 Å². The van der Waals surface area contributed by atoms with Crippen molar-refractivity contribution in [2.24, 2.45) is 0 Å². The Hall–Kier alpha value is -3.55. The molecule has 1 unspecified atom stereocenters. The van der Waals surface area contributed by atoms with Crippen molar-refractivity contribution in [2.75, 3.05) is 6.54 Å². The Morgan fingerprint density at radius 2 is 2.00 bits per heavy atom. The lowest BCUT2D eigenvalue weighted by Gasteiger charge is -2.17. The maximum absolute atomic E-state index is 13.5. The molecule has 2 heterocycles. The topological polar surface area (TPSA) is 77.6 Å². The molecule has 0 aliphatic heterocycles. The zero-order chi connectivity index (χ0) is 18.6. The van der Waals surface area contributed by atoms with Crippen LogP contribution >= 0.6 is 0 Å². The zero-order valence-corrected chi connectivity index (χ0v) is 14.4. The van der Waals surface area contributed by atoms with E-state index < -0.39 is 6.04 Å². The van der Waals surface area contributed by atoms with Gasteiger partial charge in [0.2, 0.25) is 5.91 Å². The number of benzene rings is 2. The molecule has 1 N–H and O–H groups in total. The quantitative estimate of drug-likeness (QED) is 0.569. The number of nitrogens with one attached hydrogen (secondary N) is 1. The minimum Gasteiger partial charge on any atom is -0.352 e. The van der Waals surface area contributed by atoms with Crippen molar-refractivity contribution in [3.63, 3.8) is 0 Å². The Morgan fingerprint density at radius 1 is 1.15 bits per heavy atom. The van der Waals surface area contributed by atoms with E-state index in [0.29, 0.717) is 13.1 Å². The Balaban J connectivity index is 1.48. The fourth-order valence-electron chi connectivity index (χ4n) is 3.09. The molecule has 0 saturated carbocycles. The van der Waals surface area contributed by atoms with Gasteiger partial charge in [-0.1, -0.05) is 30.3 Å². The van der Waals surface area contributed by atoms with Gasteiger partial charge >= 0.3 is 0 Å². The van der Waals surface area contributed by atoms with E-state index in [9.17, 15) is 9.18 Å². The highest BCUT2D eigenvalue weighted by Gasteiger charge is 2.23. The van der Waals surface area contributed by atoms with Crippen LogP contribution in [-0.4, -0.2) is 37.2 Å². The van der Waals surface area contributed by atoms with Crippen molar-refractivity contribution < 1.29 is 9.18 Å². The summed E-state index contributed by atoms with van der Waals surface area (Å²) in [4.78, 5) is 12.8. The maximum atomic E-state index is 13.5. The Morgan fingerprint density at radius 3 is 2.78 bits per heavy atom. The van der Waals surface area contributed by atoms with Crippen LogP contribution in [-0.2, 0) is 11.3 Å². The first-order valence-electron chi connectivity index (χ1n) is 8.52. The van der Waals surface area contributed by atoms with Gasteiger partial charge in [0.25, 0.3) is 0 Å². The molecule has 7 nitrogen and oxygen atoms in total. The number of rotatable bonds is 6. The van der Waals surface area contributed by atoms with Gasteiger partial charge in [-0.25, -0.2) is 9.07 Å². The molecular formula is C19H17FN6O.